The molecule has 1 amide bonds. The molecule has 0 aromatic heterocycles. The monoisotopic (exact) mass is 166 g/mol. The van der Waals surface area contributed by atoms with E-state index in [0.29, 0.717) is 0 Å². The van der Waals surface area contributed by atoms with Gasteiger partial charge in [-0.15, -0.1) is 0 Å². The zero-order chi connectivity index (χ0) is 9.03. The Morgan fingerprint density at radius 3 is 2.42 bits per heavy atom. The highest BCUT2D eigenvalue weighted by Crippen LogP contribution is 2.38. The van der Waals surface area contributed by atoms with Crippen LogP contribution in [0.2, 0.25) is 0 Å². The first-order valence-corrected chi connectivity index (χ1v) is 4.38. The largest absolute Gasteiger partial charge is 0.370 e. The lowest BCUT2D eigenvalue weighted by atomic mass is 9.73. The molecule has 1 aliphatic carbocycles. The predicted octanol–water partition coefficient (Wildman–Crippen LogP) is 1.34. The van der Waals surface area contributed by atoms with Crippen molar-refractivity contribution in [1.29, 1.82) is 5.26 Å². The highest BCUT2D eigenvalue weighted by molar-refractivity contribution is 5.75. The quantitative estimate of drug-likeness (QED) is 0.672. The minimum atomic E-state index is -0.427. The van der Waals surface area contributed by atoms with Crippen molar-refractivity contribution in [2.75, 3.05) is 0 Å². The third kappa shape index (κ3) is 1.97. The van der Waals surface area contributed by atoms with Gasteiger partial charge in [0.25, 0.3) is 0 Å². The predicted molar refractivity (Wildman–Crippen MR) is 44.9 cm³/mol. The van der Waals surface area contributed by atoms with Crippen LogP contribution >= 0.6 is 0 Å². The molecule has 0 aliphatic heterocycles. The minimum absolute atomic E-state index is 0.240. The fourth-order valence-corrected chi connectivity index (χ4v) is 1.89. The van der Waals surface area contributed by atoms with Crippen molar-refractivity contribution in [3.05, 3.63) is 0 Å². The maximum absolute atomic E-state index is 10.7. The molecule has 0 atom stereocenters. The Labute approximate surface area is 72.5 Å². The van der Waals surface area contributed by atoms with Crippen molar-refractivity contribution in [3.8, 4) is 6.07 Å². The van der Waals surface area contributed by atoms with Crippen LogP contribution in [0.1, 0.15) is 38.5 Å². The van der Waals surface area contributed by atoms with Crippen LogP contribution in [0, 0.1) is 16.7 Å². The molecule has 1 rings (SSSR count). The van der Waals surface area contributed by atoms with Gasteiger partial charge < -0.3 is 5.73 Å². The summed E-state index contributed by atoms with van der Waals surface area (Å²) in [6.07, 6.45) is 5.21. The molecule has 0 bridgehead atoms. The second kappa shape index (κ2) is 3.57. The zero-order valence-electron chi connectivity index (χ0n) is 7.18. The highest BCUT2D eigenvalue weighted by atomic mass is 16.1. The van der Waals surface area contributed by atoms with Gasteiger partial charge in [-0.3, -0.25) is 4.79 Å². The molecule has 0 spiro atoms. The van der Waals surface area contributed by atoms with Crippen LogP contribution in [-0.4, -0.2) is 5.91 Å². The number of hydrogen-bond donors (Lipinski definition) is 1. The Morgan fingerprint density at radius 2 is 2.00 bits per heavy atom. The van der Waals surface area contributed by atoms with E-state index >= 15 is 0 Å². The van der Waals surface area contributed by atoms with Crippen molar-refractivity contribution < 1.29 is 4.79 Å². The highest BCUT2D eigenvalue weighted by Gasteiger charge is 2.33. The molecule has 1 fully saturated rings. The van der Waals surface area contributed by atoms with Gasteiger partial charge in [0.1, 0.15) is 0 Å². The van der Waals surface area contributed by atoms with Crippen LogP contribution in [-0.2, 0) is 4.79 Å². The van der Waals surface area contributed by atoms with Crippen LogP contribution in [0.25, 0.3) is 0 Å². The van der Waals surface area contributed by atoms with E-state index in [9.17, 15) is 4.79 Å². The second-order valence-electron chi connectivity index (χ2n) is 3.60. The molecular formula is C9H14N2O. The first-order valence-electron chi connectivity index (χ1n) is 4.38. The number of primary amides is 1. The SMILES string of the molecule is N#CC1(CC(N)=O)CCCCC1. The van der Waals surface area contributed by atoms with Gasteiger partial charge in [0.05, 0.1) is 11.5 Å². The minimum Gasteiger partial charge on any atom is -0.370 e. The molecule has 1 aliphatic rings. The molecule has 0 heterocycles. The first-order chi connectivity index (χ1) is 5.68. The number of hydrogen-bond acceptors (Lipinski definition) is 2. The Balaban J connectivity index is 2.61. The number of nitriles is 1. The van der Waals surface area contributed by atoms with Gasteiger partial charge >= 0.3 is 0 Å². The molecule has 0 aromatic carbocycles. The number of carbonyl (C=O) groups excluding carboxylic acids is 1. The molecular weight excluding hydrogens is 152 g/mol. The normalized spacial score (nSPS) is 21.2. The van der Waals surface area contributed by atoms with Gasteiger partial charge in [-0.1, -0.05) is 19.3 Å². The second-order valence-corrected chi connectivity index (χ2v) is 3.60. The Kier molecular flexibility index (Phi) is 2.69. The first kappa shape index (κ1) is 9.05. The maximum Gasteiger partial charge on any atom is 0.219 e. The number of nitrogens with two attached hydrogens (primary N) is 1. The zero-order valence-corrected chi connectivity index (χ0v) is 7.18. The summed E-state index contributed by atoms with van der Waals surface area (Å²) in [7, 11) is 0. The maximum atomic E-state index is 10.7. The van der Waals surface area contributed by atoms with Crippen LogP contribution in [0.3, 0.4) is 0 Å². The average Bonchev–Trinajstić information content (AvgIpc) is 2.05. The summed E-state index contributed by atoms with van der Waals surface area (Å²) in [4.78, 5) is 10.7. The average molecular weight is 166 g/mol. The summed E-state index contributed by atoms with van der Waals surface area (Å²) in [5.41, 5.74) is 4.67. The number of rotatable bonds is 2. The smallest absolute Gasteiger partial charge is 0.219 e. The van der Waals surface area contributed by atoms with Crippen molar-refractivity contribution in [3.63, 3.8) is 0 Å². The number of amides is 1. The van der Waals surface area contributed by atoms with E-state index in [2.05, 4.69) is 6.07 Å². The molecule has 3 nitrogen and oxygen atoms in total. The lowest BCUT2D eigenvalue weighted by molar-refractivity contribution is -0.120. The summed E-state index contributed by atoms with van der Waals surface area (Å²) in [6, 6.07) is 2.25. The molecule has 0 saturated heterocycles. The van der Waals surface area contributed by atoms with Gasteiger partial charge in [-0.2, -0.15) is 5.26 Å². The molecule has 0 radical (unpaired) electrons. The van der Waals surface area contributed by atoms with E-state index in [1.54, 1.807) is 0 Å². The molecule has 66 valence electrons. The van der Waals surface area contributed by atoms with Gasteiger partial charge in [-0.05, 0) is 12.8 Å². The van der Waals surface area contributed by atoms with Gasteiger partial charge in [-0.25, -0.2) is 0 Å². The summed E-state index contributed by atoms with van der Waals surface area (Å²) in [6.45, 7) is 0. The number of carbonyl (C=O) groups is 1. The van der Waals surface area contributed by atoms with E-state index in [0.717, 1.165) is 25.7 Å². The summed E-state index contributed by atoms with van der Waals surface area (Å²) in [5, 5.41) is 8.93. The summed E-state index contributed by atoms with van der Waals surface area (Å²) >= 11 is 0. The standard InChI is InChI=1S/C9H14N2O/c10-7-9(6-8(11)12)4-2-1-3-5-9/h1-6H2,(H2,11,12). The molecule has 0 aromatic rings. The van der Waals surface area contributed by atoms with E-state index < -0.39 is 5.41 Å². The summed E-state index contributed by atoms with van der Waals surface area (Å²) in [5.74, 6) is -0.349. The third-order valence-corrected chi connectivity index (χ3v) is 2.56. The van der Waals surface area contributed by atoms with Crippen molar-refractivity contribution in [1.82, 2.24) is 0 Å². The number of nitrogens with zero attached hydrogens (tertiary/aromatic N) is 1. The van der Waals surface area contributed by atoms with Crippen LogP contribution in [0.5, 0.6) is 0 Å². The van der Waals surface area contributed by atoms with Gasteiger partial charge in [0.2, 0.25) is 5.91 Å². The molecule has 12 heavy (non-hydrogen) atoms. The van der Waals surface area contributed by atoms with Crippen LogP contribution in [0.15, 0.2) is 0 Å². The Morgan fingerprint density at radius 1 is 1.42 bits per heavy atom. The van der Waals surface area contributed by atoms with Crippen molar-refractivity contribution in [2.45, 2.75) is 38.5 Å². The van der Waals surface area contributed by atoms with E-state index in [1.165, 1.54) is 6.42 Å². The van der Waals surface area contributed by atoms with Gasteiger partial charge in [0.15, 0.2) is 0 Å². The van der Waals surface area contributed by atoms with Gasteiger partial charge in [0, 0.05) is 6.42 Å². The van der Waals surface area contributed by atoms with Crippen molar-refractivity contribution >= 4 is 5.91 Å². The molecule has 0 unspecified atom stereocenters. The molecule has 3 heteroatoms. The van der Waals surface area contributed by atoms with Crippen molar-refractivity contribution in [2.24, 2.45) is 11.1 Å². The fourth-order valence-electron chi connectivity index (χ4n) is 1.89. The lowest BCUT2D eigenvalue weighted by Crippen LogP contribution is -2.28. The Bertz CT molecular complexity index is 211. The van der Waals surface area contributed by atoms with E-state index in [-0.39, 0.29) is 12.3 Å². The lowest BCUT2D eigenvalue weighted by Gasteiger charge is -2.29. The topological polar surface area (TPSA) is 66.9 Å². The van der Waals surface area contributed by atoms with Crippen LogP contribution in [0.4, 0.5) is 0 Å². The summed E-state index contributed by atoms with van der Waals surface area (Å²) < 4.78 is 0. The third-order valence-electron chi connectivity index (χ3n) is 2.56. The fraction of sp³-hybridized carbons (Fsp3) is 0.778. The van der Waals surface area contributed by atoms with E-state index in [1.807, 2.05) is 0 Å². The Hall–Kier alpha value is -1.04. The van der Waals surface area contributed by atoms with E-state index in [4.69, 9.17) is 11.0 Å². The molecule has 1 saturated carbocycles. The van der Waals surface area contributed by atoms with Crippen LogP contribution < -0.4 is 5.73 Å². The molecule has 2 N–H and O–H groups in total.